The molecule has 4 heterocycles. The summed E-state index contributed by atoms with van der Waals surface area (Å²) in [6, 6.07) is 1.54. The molecule has 3 aliphatic rings. The van der Waals surface area contributed by atoms with E-state index in [0.29, 0.717) is 25.0 Å². The normalized spacial score (nSPS) is 24.6. The van der Waals surface area contributed by atoms with Crippen LogP contribution in [-0.2, 0) is 16.6 Å². The van der Waals surface area contributed by atoms with Crippen molar-refractivity contribution in [1.29, 1.82) is 0 Å². The molecule has 2 aromatic rings. The molecule has 1 spiro atoms. The standard InChI is InChI=1S/C19H24N6O3/c26-15-10-14(20-12-21-15)25-5-1-3-19(11-25)4-2-13-16(19)22-18(23-17(13)27)24-6-8-28-9-7-24/h10,12H,1-9,11H2,(H,20,21,26)(H,22,23,27). The molecule has 0 amide bonds. The van der Waals surface area contributed by atoms with Crippen molar-refractivity contribution in [2.45, 2.75) is 31.1 Å². The smallest absolute Gasteiger partial charge is 0.255 e. The summed E-state index contributed by atoms with van der Waals surface area (Å²) in [6.07, 6.45) is 5.08. The number of fused-ring (bicyclic) bond motifs is 2. The third-order valence-corrected chi connectivity index (χ3v) is 6.23. The summed E-state index contributed by atoms with van der Waals surface area (Å²) in [6.45, 7) is 4.35. The molecule has 2 fully saturated rings. The van der Waals surface area contributed by atoms with Crippen molar-refractivity contribution >= 4 is 11.8 Å². The zero-order valence-corrected chi connectivity index (χ0v) is 15.7. The predicted molar refractivity (Wildman–Crippen MR) is 104 cm³/mol. The number of piperidine rings is 1. The minimum Gasteiger partial charge on any atom is -0.378 e. The molecule has 2 saturated heterocycles. The highest BCUT2D eigenvalue weighted by atomic mass is 16.5. The number of aromatic amines is 2. The van der Waals surface area contributed by atoms with Gasteiger partial charge in [-0.3, -0.25) is 14.6 Å². The average molecular weight is 384 g/mol. The molecule has 1 atom stereocenters. The van der Waals surface area contributed by atoms with Gasteiger partial charge in [0.15, 0.2) is 0 Å². The van der Waals surface area contributed by atoms with Crippen molar-refractivity contribution in [3.8, 4) is 0 Å². The molecule has 28 heavy (non-hydrogen) atoms. The Balaban J connectivity index is 1.51. The van der Waals surface area contributed by atoms with Gasteiger partial charge in [0, 0.05) is 43.2 Å². The Morgan fingerprint density at radius 3 is 2.79 bits per heavy atom. The number of nitrogens with one attached hydrogen (secondary N) is 2. The minimum atomic E-state index is -0.160. The second kappa shape index (κ2) is 6.73. The number of hydrogen-bond acceptors (Lipinski definition) is 7. The highest BCUT2D eigenvalue weighted by molar-refractivity contribution is 5.45. The molecule has 0 aromatic carbocycles. The second-order valence-corrected chi connectivity index (χ2v) is 7.89. The van der Waals surface area contributed by atoms with Gasteiger partial charge in [-0.2, -0.15) is 0 Å². The Morgan fingerprint density at radius 1 is 1.11 bits per heavy atom. The maximum absolute atomic E-state index is 12.8. The highest BCUT2D eigenvalue weighted by Crippen LogP contribution is 2.43. The molecule has 0 saturated carbocycles. The summed E-state index contributed by atoms with van der Waals surface area (Å²) < 4.78 is 5.42. The van der Waals surface area contributed by atoms with E-state index in [1.807, 2.05) is 0 Å². The van der Waals surface area contributed by atoms with Gasteiger partial charge in [0.05, 0.1) is 25.2 Å². The maximum atomic E-state index is 12.8. The fraction of sp³-hybridized carbons (Fsp3) is 0.579. The van der Waals surface area contributed by atoms with Gasteiger partial charge in [0.2, 0.25) is 5.95 Å². The molecule has 5 rings (SSSR count). The van der Waals surface area contributed by atoms with Gasteiger partial charge in [-0.1, -0.05) is 0 Å². The van der Waals surface area contributed by atoms with Crippen LogP contribution in [0.2, 0.25) is 0 Å². The molecule has 1 aliphatic carbocycles. The van der Waals surface area contributed by atoms with Crippen molar-refractivity contribution in [2.24, 2.45) is 0 Å². The van der Waals surface area contributed by atoms with E-state index in [1.165, 1.54) is 6.33 Å². The topological polar surface area (TPSA) is 107 Å². The summed E-state index contributed by atoms with van der Waals surface area (Å²) in [5.41, 5.74) is 1.42. The molecule has 1 unspecified atom stereocenters. The molecule has 2 aromatic heterocycles. The molecule has 148 valence electrons. The third-order valence-electron chi connectivity index (χ3n) is 6.23. The van der Waals surface area contributed by atoms with Gasteiger partial charge < -0.3 is 19.5 Å². The van der Waals surface area contributed by atoms with E-state index >= 15 is 0 Å². The number of morpholine rings is 1. The van der Waals surface area contributed by atoms with E-state index in [9.17, 15) is 9.59 Å². The predicted octanol–water partition coefficient (Wildman–Crippen LogP) is 0.174. The number of H-pyrrole nitrogens is 2. The third kappa shape index (κ3) is 2.90. The molecular formula is C19H24N6O3. The first-order valence-corrected chi connectivity index (χ1v) is 9.91. The van der Waals surface area contributed by atoms with Crippen LogP contribution in [0.1, 0.15) is 30.5 Å². The van der Waals surface area contributed by atoms with Crippen LogP contribution in [0, 0.1) is 0 Å². The number of nitrogens with zero attached hydrogens (tertiary/aromatic N) is 4. The van der Waals surface area contributed by atoms with E-state index in [0.717, 1.165) is 63.1 Å². The van der Waals surface area contributed by atoms with Crippen LogP contribution in [0.4, 0.5) is 11.8 Å². The summed E-state index contributed by atoms with van der Waals surface area (Å²) in [5.74, 6) is 1.34. The maximum Gasteiger partial charge on any atom is 0.255 e. The lowest BCUT2D eigenvalue weighted by Gasteiger charge is -2.41. The van der Waals surface area contributed by atoms with Gasteiger partial charge in [0.1, 0.15) is 5.82 Å². The lowest BCUT2D eigenvalue weighted by Crippen LogP contribution is -2.46. The first-order chi connectivity index (χ1) is 13.6. The molecule has 0 radical (unpaired) electrons. The van der Waals surface area contributed by atoms with Crippen molar-refractivity contribution in [3.05, 3.63) is 44.4 Å². The molecule has 0 bridgehead atoms. The number of hydrogen-bond donors (Lipinski definition) is 2. The zero-order chi connectivity index (χ0) is 19.1. The first kappa shape index (κ1) is 17.4. The zero-order valence-electron chi connectivity index (χ0n) is 15.7. The minimum absolute atomic E-state index is 0.0187. The Kier molecular flexibility index (Phi) is 4.19. The molecule has 9 nitrogen and oxygen atoms in total. The lowest BCUT2D eigenvalue weighted by molar-refractivity contribution is 0.122. The van der Waals surface area contributed by atoms with E-state index in [1.54, 1.807) is 6.07 Å². The lowest BCUT2D eigenvalue weighted by atomic mass is 9.77. The first-order valence-electron chi connectivity index (χ1n) is 9.91. The van der Waals surface area contributed by atoms with Crippen LogP contribution in [0.3, 0.4) is 0 Å². The second-order valence-electron chi connectivity index (χ2n) is 7.89. The highest BCUT2D eigenvalue weighted by Gasteiger charge is 2.45. The van der Waals surface area contributed by atoms with Crippen molar-refractivity contribution in [3.63, 3.8) is 0 Å². The van der Waals surface area contributed by atoms with E-state index < -0.39 is 0 Å². The fourth-order valence-electron chi connectivity index (χ4n) is 4.82. The van der Waals surface area contributed by atoms with Crippen LogP contribution in [0.25, 0.3) is 0 Å². The van der Waals surface area contributed by atoms with Crippen LogP contribution in [-0.4, -0.2) is 59.3 Å². The number of rotatable bonds is 2. The van der Waals surface area contributed by atoms with Crippen molar-refractivity contribution < 1.29 is 4.74 Å². The average Bonchev–Trinajstić information content (AvgIpc) is 3.07. The van der Waals surface area contributed by atoms with Crippen LogP contribution < -0.4 is 20.9 Å². The summed E-state index contributed by atoms with van der Waals surface area (Å²) in [4.78, 5) is 43.6. The SMILES string of the molecule is O=c1cc(N2CCCC3(CCc4c3nc(N3CCOCC3)[nH]c4=O)C2)nc[nH]1. The Hall–Kier alpha value is -2.68. The number of anilines is 2. The van der Waals surface area contributed by atoms with Crippen LogP contribution in [0.5, 0.6) is 0 Å². The Morgan fingerprint density at radius 2 is 1.96 bits per heavy atom. The molecule has 9 heteroatoms. The van der Waals surface area contributed by atoms with Gasteiger partial charge in [0.25, 0.3) is 11.1 Å². The fourth-order valence-corrected chi connectivity index (χ4v) is 4.82. The summed E-state index contributed by atoms with van der Waals surface area (Å²) >= 11 is 0. The van der Waals surface area contributed by atoms with Gasteiger partial charge in [-0.15, -0.1) is 0 Å². The molecule has 2 aliphatic heterocycles. The van der Waals surface area contributed by atoms with Gasteiger partial charge in [-0.25, -0.2) is 9.97 Å². The summed E-state index contributed by atoms with van der Waals surface area (Å²) in [5, 5.41) is 0. The molecule has 2 N–H and O–H groups in total. The van der Waals surface area contributed by atoms with Gasteiger partial charge in [-0.05, 0) is 25.7 Å². The van der Waals surface area contributed by atoms with Crippen LogP contribution >= 0.6 is 0 Å². The summed E-state index contributed by atoms with van der Waals surface area (Å²) in [7, 11) is 0. The molecular weight excluding hydrogens is 360 g/mol. The Labute approximate surface area is 161 Å². The number of ether oxygens (including phenoxy) is 1. The monoisotopic (exact) mass is 384 g/mol. The van der Waals surface area contributed by atoms with E-state index in [2.05, 4.69) is 24.8 Å². The van der Waals surface area contributed by atoms with E-state index in [4.69, 9.17) is 9.72 Å². The van der Waals surface area contributed by atoms with Crippen molar-refractivity contribution in [2.75, 3.05) is 49.2 Å². The Bertz CT molecular complexity index is 996. The quantitative estimate of drug-likeness (QED) is 0.760. The van der Waals surface area contributed by atoms with Crippen LogP contribution in [0.15, 0.2) is 22.0 Å². The van der Waals surface area contributed by atoms with Gasteiger partial charge >= 0.3 is 0 Å². The number of aromatic nitrogens is 4. The van der Waals surface area contributed by atoms with Crippen molar-refractivity contribution in [1.82, 2.24) is 19.9 Å². The largest absolute Gasteiger partial charge is 0.378 e. The van der Waals surface area contributed by atoms with E-state index in [-0.39, 0.29) is 16.5 Å².